The molecule has 2 fully saturated rings. The van der Waals surface area contributed by atoms with Gasteiger partial charge in [0.1, 0.15) is 5.75 Å². The van der Waals surface area contributed by atoms with Crippen LogP contribution in [0.1, 0.15) is 86.7 Å². The number of nitrogens with zero attached hydrogens (tertiary/aromatic N) is 2. The van der Waals surface area contributed by atoms with E-state index in [4.69, 9.17) is 4.74 Å². The van der Waals surface area contributed by atoms with Crippen LogP contribution in [0.3, 0.4) is 0 Å². The van der Waals surface area contributed by atoms with Crippen molar-refractivity contribution in [2.24, 2.45) is 5.41 Å². The topological polar surface area (TPSA) is 32.8 Å². The number of carbonyl (C=O) groups is 1. The third-order valence-electron chi connectivity index (χ3n) is 8.76. The van der Waals surface area contributed by atoms with Crippen molar-refractivity contribution in [2.75, 3.05) is 39.3 Å². The average molecular weight is 527 g/mol. The lowest BCUT2D eigenvalue weighted by molar-refractivity contribution is 0.0715. The molecule has 0 unspecified atom stereocenters. The number of likely N-dealkylation sites (tertiary alicyclic amines) is 2. The van der Waals surface area contributed by atoms with E-state index in [0.29, 0.717) is 11.3 Å². The molecule has 4 heteroatoms. The van der Waals surface area contributed by atoms with Gasteiger partial charge in [-0.15, -0.1) is 0 Å². The first-order chi connectivity index (χ1) is 18.9. The molecule has 0 atom stereocenters. The van der Waals surface area contributed by atoms with Crippen LogP contribution in [0, 0.1) is 5.41 Å². The van der Waals surface area contributed by atoms with Gasteiger partial charge in [-0.3, -0.25) is 4.79 Å². The highest BCUT2D eigenvalue weighted by atomic mass is 16.5. The quantitative estimate of drug-likeness (QED) is 0.268. The maximum atomic E-state index is 13.5. The summed E-state index contributed by atoms with van der Waals surface area (Å²) in [5, 5.41) is 2.31. The molecular weight excluding hydrogens is 480 g/mol. The van der Waals surface area contributed by atoms with Crippen LogP contribution in [0.15, 0.2) is 60.7 Å². The van der Waals surface area contributed by atoms with Crippen LogP contribution in [-0.2, 0) is 6.42 Å². The molecule has 0 saturated carbocycles. The maximum absolute atomic E-state index is 13.5. The SMILES string of the molecule is CCCc1ccc(C(=O)N2CCC(c3ccc(OCCCN4CCCC(C)(C)C4)cc3)CC2)c2ccccc12. The van der Waals surface area contributed by atoms with Crippen LogP contribution in [0.2, 0.25) is 0 Å². The van der Waals surface area contributed by atoms with Gasteiger partial charge in [0.05, 0.1) is 6.61 Å². The molecule has 2 aliphatic heterocycles. The monoisotopic (exact) mass is 526 g/mol. The largest absolute Gasteiger partial charge is 0.494 e. The number of benzene rings is 3. The highest BCUT2D eigenvalue weighted by Gasteiger charge is 2.27. The molecule has 0 aromatic heterocycles. The lowest BCUT2D eigenvalue weighted by atomic mass is 9.84. The Balaban J connectivity index is 1.11. The molecule has 3 aromatic carbocycles. The summed E-state index contributed by atoms with van der Waals surface area (Å²) in [6.45, 7) is 12.9. The molecule has 0 N–H and O–H groups in total. The molecule has 39 heavy (non-hydrogen) atoms. The van der Waals surface area contributed by atoms with E-state index >= 15 is 0 Å². The number of hydrogen-bond acceptors (Lipinski definition) is 3. The third kappa shape index (κ3) is 6.84. The van der Waals surface area contributed by atoms with Crippen LogP contribution in [0.25, 0.3) is 10.8 Å². The normalized spacial score (nSPS) is 18.4. The summed E-state index contributed by atoms with van der Waals surface area (Å²) in [6.07, 6.45) is 7.88. The Hall–Kier alpha value is -2.85. The Labute approximate surface area is 235 Å². The molecule has 2 saturated heterocycles. The molecule has 4 nitrogen and oxygen atoms in total. The number of piperidine rings is 2. The fourth-order valence-electron chi connectivity index (χ4n) is 6.67. The number of rotatable bonds is 9. The molecule has 5 rings (SSSR count). The summed E-state index contributed by atoms with van der Waals surface area (Å²) in [7, 11) is 0. The fourth-order valence-corrected chi connectivity index (χ4v) is 6.67. The van der Waals surface area contributed by atoms with Gasteiger partial charge in [0.2, 0.25) is 0 Å². The van der Waals surface area contributed by atoms with Gasteiger partial charge in [0.15, 0.2) is 0 Å². The van der Waals surface area contributed by atoms with E-state index in [1.54, 1.807) is 0 Å². The van der Waals surface area contributed by atoms with Gasteiger partial charge < -0.3 is 14.5 Å². The van der Waals surface area contributed by atoms with E-state index < -0.39 is 0 Å². The number of amides is 1. The Kier molecular flexibility index (Phi) is 8.92. The van der Waals surface area contributed by atoms with E-state index in [1.165, 1.54) is 42.4 Å². The van der Waals surface area contributed by atoms with E-state index in [1.807, 2.05) is 12.1 Å². The van der Waals surface area contributed by atoms with Gasteiger partial charge in [-0.05, 0) is 96.5 Å². The zero-order chi connectivity index (χ0) is 27.2. The van der Waals surface area contributed by atoms with Crippen molar-refractivity contribution in [3.8, 4) is 5.75 Å². The Morgan fingerprint density at radius 2 is 1.69 bits per heavy atom. The average Bonchev–Trinajstić information content (AvgIpc) is 2.95. The zero-order valence-corrected chi connectivity index (χ0v) is 24.3. The van der Waals surface area contributed by atoms with Crippen molar-refractivity contribution in [1.29, 1.82) is 0 Å². The van der Waals surface area contributed by atoms with Crippen molar-refractivity contribution in [3.63, 3.8) is 0 Å². The Morgan fingerprint density at radius 1 is 0.949 bits per heavy atom. The Morgan fingerprint density at radius 3 is 2.41 bits per heavy atom. The van der Waals surface area contributed by atoms with Gasteiger partial charge in [-0.1, -0.05) is 69.7 Å². The minimum Gasteiger partial charge on any atom is -0.494 e. The molecule has 0 spiro atoms. The van der Waals surface area contributed by atoms with E-state index in [-0.39, 0.29) is 5.91 Å². The van der Waals surface area contributed by atoms with Crippen LogP contribution in [0.4, 0.5) is 0 Å². The number of carbonyl (C=O) groups excluding carboxylic acids is 1. The summed E-state index contributed by atoms with van der Waals surface area (Å²) >= 11 is 0. The minimum atomic E-state index is 0.171. The van der Waals surface area contributed by atoms with Crippen molar-refractivity contribution >= 4 is 16.7 Å². The first-order valence-corrected chi connectivity index (χ1v) is 15.2. The molecule has 208 valence electrons. The standard InChI is InChI=1S/C35H46N2O2/c1-4-9-29-14-17-33(32-11-6-5-10-31(29)32)34(38)37-23-18-28(19-24-37)27-12-15-30(16-13-27)39-25-8-22-36-21-7-20-35(2,3)26-36/h5-6,10-17,28H,4,7-9,18-26H2,1-3H3. The number of ether oxygens (including phenoxy) is 1. The molecule has 0 bridgehead atoms. The lowest BCUT2D eigenvalue weighted by Crippen LogP contribution is -2.40. The predicted molar refractivity (Wildman–Crippen MR) is 162 cm³/mol. The van der Waals surface area contributed by atoms with Crippen molar-refractivity contribution < 1.29 is 9.53 Å². The highest BCUT2D eigenvalue weighted by molar-refractivity contribution is 6.07. The second kappa shape index (κ2) is 12.6. The maximum Gasteiger partial charge on any atom is 0.254 e. The van der Waals surface area contributed by atoms with Crippen molar-refractivity contribution in [3.05, 3.63) is 77.4 Å². The smallest absolute Gasteiger partial charge is 0.254 e. The van der Waals surface area contributed by atoms with E-state index in [0.717, 1.165) is 75.0 Å². The summed E-state index contributed by atoms with van der Waals surface area (Å²) in [6, 6.07) is 21.3. The third-order valence-corrected chi connectivity index (χ3v) is 8.76. The molecule has 0 aliphatic carbocycles. The van der Waals surface area contributed by atoms with E-state index in [9.17, 15) is 4.79 Å². The van der Waals surface area contributed by atoms with Crippen LogP contribution in [-0.4, -0.2) is 55.0 Å². The molecule has 2 aliphatic rings. The van der Waals surface area contributed by atoms with Gasteiger partial charge in [-0.2, -0.15) is 0 Å². The fraction of sp³-hybridized carbons (Fsp3) is 0.514. The van der Waals surface area contributed by atoms with Crippen molar-refractivity contribution in [2.45, 2.75) is 71.6 Å². The molecular formula is C35H46N2O2. The van der Waals surface area contributed by atoms with Crippen LogP contribution in [0.5, 0.6) is 5.75 Å². The summed E-state index contributed by atoms with van der Waals surface area (Å²) < 4.78 is 6.07. The first-order valence-electron chi connectivity index (χ1n) is 15.2. The lowest BCUT2D eigenvalue weighted by Gasteiger charge is -2.38. The van der Waals surface area contributed by atoms with Crippen LogP contribution >= 0.6 is 0 Å². The molecule has 1 amide bonds. The number of fused-ring (bicyclic) bond motifs is 1. The molecule has 0 radical (unpaired) electrons. The molecule has 3 aromatic rings. The molecule has 2 heterocycles. The summed E-state index contributed by atoms with van der Waals surface area (Å²) in [5.41, 5.74) is 3.99. The van der Waals surface area contributed by atoms with Gasteiger partial charge in [0, 0.05) is 31.7 Å². The summed E-state index contributed by atoms with van der Waals surface area (Å²) in [4.78, 5) is 18.2. The van der Waals surface area contributed by atoms with Gasteiger partial charge in [-0.25, -0.2) is 0 Å². The highest BCUT2D eigenvalue weighted by Crippen LogP contribution is 2.32. The number of hydrogen-bond donors (Lipinski definition) is 0. The first kappa shape index (κ1) is 27.7. The van der Waals surface area contributed by atoms with Gasteiger partial charge >= 0.3 is 0 Å². The van der Waals surface area contributed by atoms with Gasteiger partial charge in [0.25, 0.3) is 5.91 Å². The van der Waals surface area contributed by atoms with Crippen molar-refractivity contribution in [1.82, 2.24) is 9.80 Å². The second-order valence-corrected chi connectivity index (χ2v) is 12.4. The zero-order valence-electron chi connectivity index (χ0n) is 24.3. The minimum absolute atomic E-state index is 0.171. The number of aryl methyl sites for hydroxylation is 1. The van der Waals surface area contributed by atoms with Crippen LogP contribution < -0.4 is 4.74 Å². The Bertz CT molecular complexity index is 1240. The summed E-state index contributed by atoms with van der Waals surface area (Å²) in [5.74, 6) is 1.63. The van der Waals surface area contributed by atoms with E-state index in [2.05, 4.69) is 79.1 Å². The predicted octanol–water partition coefficient (Wildman–Crippen LogP) is 7.70. The second-order valence-electron chi connectivity index (χ2n) is 12.4.